The normalized spacial score (nSPS) is 15.8. The smallest absolute Gasteiger partial charge is 0.272 e. The predicted molar refractivity (Wildman–Crippen MR) is 46.4 cm³/mol. The molecule has 1 atom stereocenters. The molecule has 9 nitrogen and oxygen atoms in total. The molecule has 0 aromatic carbocycles. The first-order chi connectivity index (χ1) is 7.72. The van der Waals surface area contributed by atoms with Gasteiger partial charge in [0, 0.05) is 5.56 Å². The summed E-state index contributed by atoms with van der Waals surface area (Å²) in [6.07, 6.45) is 1.22. The van der Waals surface area contributed by atoms with Crippen molar-refractivity contribution in [2.24, 2.45) is 0 Å². The fraction of sp³-hybridized carbons (Fsp3) is 0.333. The van der Waals surface area contributed by atoms with Gasteiger partial charge in [0.05, 0.1) is 20.7 Å². The average Bonchev–Trinajstić information content (AvgIpc) is 2.58. The molecule has 0 saturated heterocycles. The Labute approximate surface area is 96.0 Å². The van der Waals surface area contributed by atoms with Gasteiger partial charge in [-0.25, -0.2) is 0 Å². The summed E-state index contributed by atoms with van der Waals surface area (Å²) in [5, 5.41) is 0. The van der Waals surface area contributed by atoms with Gasteiger partial charge in [-0.05, 0) is 6.07 Å². The minimum absolute atomic E-state index is 0.343. The second kappa shape index (κ2) is 5.43. The minimum atomic E-state index is -5.64. The number of furan rings is 1. The van der Waals surface area contributed by atoms with Crippen LogP contribution in [0, 0.1) is 0 Å². The average molecular weight is 285 g/mol. The summed E-state index contributed by atoms with van der Waals surface area (Å²) in [6.45, 7) is -0.133. The Bertz CT molecular complexity index is 464. The van der Waals surface area contributed by atoms with E-state index < -0.39 is 22.3 Å². The van der Waals surface area contributed by atoms with Gasteiger partial charge in [0.15, 0.2) is 5.76 Å². The maximum atomic E-state index is 10.9. The summed E-state index contributed by atoms with van der Waals surface area (Å²) >= 11 is 0. The molecule has 0 aliphatic carbocycles. The number of quaternary nitrogens is 1. The largest absolute Gasteiger partial charge is 0.790 e. The third kappa shape index (κ3) is 5.58. The molecule has 17 heavy (non-hydrogen) atoms. The van der Waals surface area contributed by atoms with Crippen molar-refractivity contribution in [3.63, 3.8) is 0 Å². The molecule has 0 aliphatic heterocycles. The predicted octanol–water partition coefficient (Wildman–Crippen LogP) is -2.15. The van der Waals surface area contributed by atoms with Crippen LogP contribution in [0.25, 0.3) is 0 Å². The van der Waals surface area contributed by atoms with Gasteiger partial charge in [0.1, 0.15) is 6.54 Å². The zero-order valence-corrected chi connectivity index (χ0v) is 10.2. The van der Waals surface area contributed by atoms with Crippen LogP contribution in [-0.4, -0.2) is 0 Å². The first-order valence-corrected chi connectivity index (χ1v) is 7.18. The van der Waals surface area contributed by atoms with Crippen molar-refractivity contribution in [3.8, 4) is 0 Å². The minimum Gasteiger partial charge on any atom is -0.790 e. The monoisotopic (exact) mass is 285 g/mol. The molecule has 1 heterocycles. The highest BCUT2D eigenvalue weighted by Crippen LogP contribution is 2.50. The van der Waals surface area contributed by atoms with E-state index >= 15 is 0 Å². The maximum Gasteiger partial charge on any atom is 0.272 e. The van der Waals surface area contributed by atoms with E-state index in [1.165, 1.54) is 12.3 Å². The Hall–Kier alpha value is -0.500. The van der Waals surface area contributed by atoms with Crippen LogP contribution in [0.5, 0.6) is 0 Å². The Balaban J connectivity index is 2.55. The lowest BCUT2D eigenvalue weighted by Gasteiger charge is -2.34. The maximum absolute atomic E-state index is 10.9. The van der Waals surface area contributed by atoms with Gasteiger partial charge in [-0.3, -0.25) is 8.88 Å². The zero-order valence-electron chi connectivity index (χ0n) is 8.44. The molecule has 98 valence electrons. The Morgan fingerprint density at radius 3 is 2.47 bits per heavy atom. The van der Waals surface area contributed by atoms with E-state index in [1.54, 1.807) is 0 Å². The van der Waals surface area contributed by atoms with E-state index in [9.17, 15) is 23.8 Å². The summed E-state index contributed by atoms with van der Waals surface area (Å²) in [6, 6.07) is 1.47. The summed E-state index contributed by atoms with van der Waals surface area (Å²) in [5.41, 5.74) is 3.87. The van der Waals surface area contributed by atoms with Crippen LogP contribution in [0.3, 0.4) is 0 Å². The van der Waals surface area contributed by atoms with Crippen LogP contribution in [0.15, 0.2) is 16.7 Å². The fourth-order valence-electron chi connectivity index (χ4n) is 0.933. The molecule has 0 spiro atoms. The summed E-state index contributed by atoms with van der Waals surface area (Å²) in [4.78, 5) is 31.0. The van der Waals surface area contributed by atoms with Crippen molar-refractivity contribution in [2.75, 3.05) is 0 Å². The van der Waals surface area contributed by atoms with Gasteiger partial charge in [-0.2, -0.15) is 0 Å². The molecule has 0 bridgehead atoms. The van der Waals surface area contributed by atoms with Crippen molar-refractivity contribution in [3.05, 3.63) is 23.7 Å². The number of hydrogen-bond donors (Lipinski definition) is 1. The lowest BCUT2D eigenvalue weighted by molar-refractivity contribution is -0.390. The van der Waals surface area contributed by atoms with Gasteiger partial charge in [-0.1, -0.05) is 0 Å². The van der Waals surface area contributed by atoms with E-state index in [-0.39, 0.29) is 0 Å². The molecule has 1 aromatic heterocycles. The van der Waals surface area contributed by atoms with Gasteiger partial charge in [0.25, 0.3) is 7.82 Å². The lowest BCUT2D eigenvalue weighted by atomic mass is 10.3. The molecule has 0 fully saturated rings. The highest BCUT2D eigenvalue weighted by molar-refractivity contribution is 7.58. The molecular weight excluding hydrogens is 276 g/mol. The first-order valence-electron chi connectivity index (χ1n) is 4.26. The summed E-state index contributed by atoms with van der Waals surface area (Å²) in [5.74, 6) is 0.503. The fourth-order valence-corrected chi connectivity index (χ4v) is 2.41. The molecule has 1 aromatic rings. The van der Waals surface area contributed by atoms with Crippen molar-refractivity contribution in [2.45, 2.75) is 13.2 Å². The number of rotatable bonds is 6. The number of phosphoric ester groups is 1. The van der Waals surface area contributed by atoms with Crippen molar-refractivity contribution < 1.29 is 42.8 Å². The SMILES string of the molecule is [NH3+]Cc1cc(COP(=O)([O-])OP(=O)([O-])[O-])co1. The van der Waals surface area contributed by atoms with E-state index in [4.69, 9.17) is 4.42 Å². The zero-order chi connectivity index (χ0) is 13.1. The van der Waals surface area contributed by atoms with Crippen LogP contribution in [0.4, 0.5) is 0 Å². The quantitative estimate of drug-likeness (QED) is 0.578. The van der Waals surface area contributed by atoms with E-state index in [0.29, 0.717) is 17.9 Å². The molecule has 0 radical (unpaired) electrons. The Morgan fingerprint density at radius 2 is 2.00 bits per heavy atom. The topological polar surface area (TPSA) is 163 Å². The lowest BCUT2D eigenvalue weighted by Crippen LogP contribution is -2.47. The molecule has 1 rings (SSSR count). The van der Waals surface area contributed by atoms with Crippen molar-refractivity contribution in [1.82, 2.24) is 0 Å². The van der Waals surface area contributed by atoms with Crippen LogP contribution < -0.4 is 20.4 Å². The van der Waals surface area contributed by atoms with Crippen LogP contribution >= 0.6 is 15.6 Å². The Morgan fingerprint density at radius 1 is 1.35 bits per heavy atom. The first kappa shape index (κ1) is 14.6. The van der Waals surface area contributed by atoms with E-state index in [0.717, 1.165) is 0 Å². The Kier molecular flexibility index (Phi) is 4.65. The molecule has 1 unspecified atom stereocenters. The van der Waals surface area contributed by atoms with Gasteiger partial charge < -0.3 is 33.9 Å². The third-order valence-corrected chi connectivity index (χ3v) is 3.59. The van der Waals surface area contributed by atoms with Gasteiger partial charge in [0.2, 0.25) is 0 Å². The standard InChI is InChI=1S/C6H11NO8P2/c7-2-6-1-5(3-13-6)4-14-17(11,12)15-16(8,9)10/h1,3H,2,4,7H2,(H,11,12)(H2,8,9,10)/p-2. The molecule has 0 aliphatic rings. The number of hydrogen-bond acceptors (Lipinski definition) is 8. The van der Waals surface area contributed by atoms with Crippen molar-refractivity contribution in [1.29, 1.82) is 0 Å². The second-order valence-corrected chi connectivity index (χ2v) is 5.62. The molecule has 3 N–H and O–H groups in total. The van der Waals surface area contributed by atoms with E-state index in [2.05, 4.69) is 14.6 Å². The van der Waals surface area contributed by atoms with Crippen molar-refractivity contribution >= 4 is 15.6 Å². The molecule has 11 heteroatoms. The highest BCUT2D eigenvalue weighted by atomic mass is 31.3. The highest BCUT2D eigenvalue weighted by Gasteiger charge is 2.13. The molecule has 0 saturated carbocycles. The van der Waals surface area contributed by atoms with Crippen LogP contribution in [0.1, 0.15) is 11.3 Å². The van der Waals surface area contributed by atoms with E-state index in [1.807, 2.05) is 0 Å². The van der Waals surface area contributed by atoms with Gasteiger partial charge >= 0.3 is 0 Å². The van der Waals surface area contributed by atoms with Gasteiger partial charge in [-0.15, -0.1) is 0 Å². The van der Waals surface area contributed by atoms with Crippen LogP contribution in [0.2, 0.25) is 0 Å². The third-order valence-electron chi connectivity index (χ3n) is 1.54. The summed E-state index contributed by atoms with van der Waals surface area (Å²) in [7, 11) is -10.8. The molecule has 0 amide bonds. The van der Waals surface area contributed by atoms with Crippen LogP contribution in [-0.2, 0) is 31.1 Å². The number of phosphoric acid groups is 2. The second-order valence-electron chi connectivity index (χ2n) is 2.92. The molecular formula is C6H9NO8P2-2. The summed E-state index contributed by atoms with van der Waals surface area (Å²) < 4.78 is 33.3.